The number of aromatic carboxylic acids is 1. The molecule has 0 bridgehead atoms. The Balaban J connectivity index is 0.964. The standard InChI is InChI=1S/C33H30FN7O6S/c34-25-15-23-28(41(21-7-8-21)18-24(32(23)43)33(44)45)16-29(25)40-13-11-39(12-14-40)19-31(42)36-20-5-9-22(10-6-20)48(46,47)38-30-17-35-26-3-1-2-4-27(26)37-30/h1-6,9-10,15-18,21H,7-8,11-14,19H2,(H,36,42)(H,37,38)(H,44,45). The Bertz CT molecular complexity index is 2250. The number of carboxylic acids is 1. The largest absolute Gasteiger partial charge is 0.477 e. The van der Waals surface area contributed by atoms with E-state index >= 15 is 4.39 Å². The lowest BCUT2D eigenvalue weighted by molar-refractivity contribution is -0.117. The number of hydrogen-bond acceptors (Lipinski definition) is 9. The topological polar surface area (TPSA) is 167 Å². The minimum Gasteiger partial charge on any atom is -0.477 e. The van der Waals surface area contributed by atoms with Crippen LogP contribution < -0.4 is 20.4 Å². The van der Waals surface area contributed by atoms with Gasteiger partial charge in [-0.05, 0) is 61.4 Å². The molecule has 2 aliphatic rings. The SMILES string of the molecule is O=C(CN1CCN(c2cc3c(cc2F)c(=O)c(C(=O)O)cn3C2CC2)CC1)Nc1ccc(S(=O)(=O)Nc2cnc3ccccc3n2)cc1. The van der Waals surface area contributed by atoms with Gasteiger partial charge in [-0.1, -0.05) is 12.1 Å². The number of carbonyl (C=O) groups excluding carboxylic acids is 1. The molecule has 1 amide bonds. The molecule has 5 aromatic rings. The number of nitrogens with zero attached hydrogens (tertiary/aromatic N) is 5. The van der Waals surface area contributed by atoms with E-state index in [1.807, 2.05) is 15.9 Å². The number of sulfonamides is 1. The van der Waals surface area contributed by atoms with Crippen LogP contribution in [0.5, 0.6) is 0 Å². The number of hydrogen-bond donors (Lipinski definition) is 3. The minimum atomic E-state index is -3.95. The Morgan fingerprint density at radius 3 is 2.38 bits per heavy atom. The van der Waals surface area contributed by atoms with Gasteiger partial charge in [-0.2, -0.15) is 0 Å². The lowest BCUT2D eigenvalue weighted by atomic mass is 10.1. The van der Waals surface area contributed by atoms with Crippen molar-refractivity contribution in [3.05, 3.63) is 94.7 Å². The van der Waals surface area contributed by atoms with Gasteiger partial charge < -0.3 is 19.9 Å². The van der Waals surface area contributed by atoms with Crippen LogP contribution in [0, 0.1) is 5.82 Å². The van der Waals surface area contributed by atoms with Crippen molar-refractivity contribution < 1.29 is 27.5 Å². The van der Waals surface area contributed by atoms with E-state index < -0.39 is 27.2 Å². The number of nitrogens with one attached hydrogen (secondary N) is 2. The van der Waals surface area contributed by atoms with Crippen molar-refractivity contribution in [3.8, 4) is 0 Å². The van der Waals surface area contributed by atoms with Crippen LogP contribution in [0.4, 0.5) is 21.6 Å². The van der Waals surface area contributed by atoms with Gasteiger partial charge in [-0.15, -0.1) is 0 Å². The number of rotatable bonds is 9. The Hall–Kier alpha value is -5.41. The van der Waals surface area contributed by atoms with Crippen LogP contribution in [0.25, 0.3) is 21.9 Å². The lowest BCUT2D eigenvalue weighted by Crippen LogP contribution is -2.49. The van der Waals surface area contributed by atoms with Crippen molar-refractivity contribution in [2.24, 2.45) is 0 Å². The minimum absolute atomic E-state index is 0.0102. The third-order valence-corrected chi connectivity index (χ3v) is 9.86. The Morgan fingerprint density at radius 2 is 1.69 bits per heavy atom. The molecule has 2 fully saturated rings. The normalized spacial score (nSPS) is 15.5. The lowest BCUT2D eigenvalue weighted by Gasteiger charge is -2.36. The van der Waals surface area contributed by atoms with Crippen LogP contribution in [-0.4, -0.2) is 77.6 Å². The summed E-state index contributed by atoms with van der Waals surface area (Å²) in [4.78, 5) is 49.5. The summed E-state index contributed by atoms with van der Waals surface area (Å²) in [6.45, 7) is 1.88. The van der Waals surface area contributed by atoms with Crippen LogP contribution in [0.1, 0.15) is 29.2 Å². The van der Waals surface area contributed by atoms with Gasteiger partial charge in [0.25, 0.3) is 10.0 Å². The van der Waals surface area contributed by atoms with Gasteiger partial charge in [0.05, 0.1) is 39.9 Å². The van der Waals surface area contributed by atoms with Crippen molar-refractivity contribution in [1.29, 1.82) is 0 Å². The number of carboxylic acid groups (broad SMARTS) is 1. The summed E-state index contributed by atoms with van der Waals surface area (Å²) in [6, 6.07) is 15.7. The van der Waals surface area contributed by atoms with Crippen LogP contribution in [0.2, 0.25) is 0 Å². The molecule has 0 unspecified atom stereocenters. The highest BCUT2D eigenvalue weighted by Gasteiger charge is 2.29. The number of piperazine rings is 1. The van der Waals surface area contributed by atoms with Gasteiger partial charge in [0.15, 0.2) is 5.82 Å². The van der Waals surface area contributed by atoms with E-state index in [1.54, 1.807) is 28.8 Å². The van der Waals surface area contributed by atoms with Crippen molar-refractivity contribution in [2.75, 3.05) is 47.7 Å². The Labute approximate surface area is 273 Å². The maximum atomic E-state index is 15.3. The molecule has 1 saturated carbocycles. The van der Waals surface area contributed by atoms with Crippen molar-refractivity contribution in [3.63, 3.8) is 0 Å². The zero-order valence-electron chi connectivity index (χ0n) is 25.5. The maximum Gasteiger partial charge on any atom is 0.341 e. The van der Waals surface area contributed by atoms with Gasteiger partial charge in [0.2, 0.25) is 11.3 Å². The van der Waals surface area contributed by atoms with Crippen molar-refractivity contribution >= 4 is 61.0 Å². The summed E-state index contributed by atoms with van der Waals surface area (Å²) in [5, 5.41) is 12.3. The van der Waals surface area contributed by atoms with E-state index in [0.29, 0.717) is 54.1 Å². The first-order valence-corrected chi connectivity index (χ1v) is 16.8. The molecular formula is C33H30FN7O6S. The second-order valence-corrected chi connectivity index (χ2v) is 13.5. The molecule has 0 spiro atoms. The van der Waals surface area contributed by atoms with Crippen LogP contribution in [0.3, 0.4) is 0 Å². The molecule has 3 heterocycles. The summed E-state index contributed by atoms with van der Waals surface area (Å²) < 4.78 is 45.3. The van der Waals surface area contributed by atoms with Crippen molar-refractivity contribution in [2.45, 2.75) is 23.8 Å². The fourth-order valence-electron chi connectivity index (χ4n) is 5.88. The first-order chi connectivity index (χ1) is 23.1. The van der Waals surface area contributed by atoms with E-state index in [9.17, 15) is 27.9 Å². The molecular weight excluding hydrogens is 641 g/mol. The average molecular weight is 672 g/mol. The fourth-order valence-corrected chi connectivity index (χ4v) is 6.86. The summed E-state index contributed by atoms with van der Waals surface area (Å²) >= 11 is 0. The smallest absolute Gasteiger partial charge is 0.341 e. The van der Waals surface area contributed by atoms with Crippen LogP contribution in [-0.2, 0) is 14.8 Å². The highest BCUT2D eigenvalue weighted by molar-refractivity contribution is 7.92. The Morgan fingerprint density at radius 1 is 0.979 bits per heavy atom. The molecule has 3 N–H and O–H groups in total. The van der Waals surface area contributed by atoms with E-state index in [0.717, 1.165) is 18.9 Å². The van der Waals surface area contributed by atoms with Gasteiger partial charge in [-0.25, -0.2) is 22.6 Å². The van der Waals surface area contributed by atoms with Gasteiger partial charge >= 0.3 is 5.97 Å². The van der Waals surface area contributed by atoms with Gasteiger partial charge in [0, 0.05) is 49.5 Å². The summed E-state index contributed by atoms with van der Waals surface area (Å²) in [5.74, 6) is -2.15. The molecule has 3 aromatic carbocycles. The summed E-state index contributed by atoms with van der Waals surface area (Å²) in [7, 11) is -3.95. The van der Waals surface area contributed by atoms with E-state index in [-0.39, 0.29) is 40.2 Å². The van der Waals surface area contributed by atoms with Crippen LogP contribution in [0.15, 0.2) is 82.7 Å². The molecule has 0 atom stereocenters. The quantitative estimate of drug-likeness (QED) is 0.210. The monoisotopic (exact) mass is 671 g/mol. The molecule has 1 aliphatic carbocycles. The molecule has 48 heavy (non-hydrogen) atoms. The summed E-state index contributed by atoms with van der Waals surface area (Å²) in [5.41, 5.74) is 1.35. The van der Waals surface area contributed by atoms with E-state index in [2.05, 4.69) is 20.0 Å². The predicted molar refractivity (Wildman–Crippen MR) is 177 cm³/mol. The number of halogens is 1. The van der Waals surface area contributed by atoms with Crippen molar-refractivity contribution in [1.82, 2.24) is 19.4 Å². The predicted octanol–water partition coefficient (Wildman–Crippen LogP) is 3.68. The molecule has 13 nitrogen and oxygen atoms in total. The average Bonchev–Trinajstić information content (AvgIpc) is 3.91. The summed E-state index contributed by atoms with van der Waals surface area (Å²) in [6.07, 6.45) is 4.41. The number of amides is 1. The Kier molecular flexibility index (Phi) is 8.01. The molecule has 1 saturated heterocycles. The third kappa shape index (κ3) is 6.29. The van der Waals surface area contributed by atoms with Gasteiger partial charge in [0.1, 0.15) is 11.4 Å². The highest BCUT2D eigenvalue weighted by atomic mass is 32.2. The second kappa shape index (κ2) is 12.3. The first kappa shape index (κ1) is 31.2. The number of carbonyl (C=O) groups is 2. The van der Waals surface area contributed by atoms with Crippen LogP contribution >= 0.6 is 0 Å². The number of pyridine rings is 1. The number of para-hydroxylation sites is 2. The molecule has 2 aromatic heterocycles. The highest BCUT2D eigenvalue weighted by Crippen LogP contribution is 2.38. The second-order valence-electron chi connectivity index (χ2n) is 11.8. The molecule has 15 heteroatoms. The molecule has 0 radical (unpaired) electrons. The zero-order valence-corrected chi connectivity index (χ0v) is 26.3. The number of anilines is 3. The molecule has 7 rings (SSSR count). The number of benzene rings is 3. The number of aromatic nitrogens is 3. The molecule has 1 aliphatic heterocycles. The van der Waals surface area contributed by atoms with E-state index in [1.165, 1.54) is 36.7 Å². The molecule has 246 valence electrons. The first-order valence-electron chi connectivity index (χ1n) is 15.3. The zero-order chi connectivity index (χ0) is 33.6. The maximum absolute atomic E-state index is 15.3. The fraction of sp³-hybridized carbons (Fsp3) is 0.242. The third-order valence-electron chi connectivity index (χ3n) is 8.49. The number of fused-ring (bicyclic) bond motifs is 2. The van der Waals surface area contributed by atoms with Gasteiger partial charge in [-0.3, -0.25) is 24.2 Å². The van der Waals surface area contributed by atoms with E-state index in [4.69, 9.17) is 0 Å².